The van der Waals surface area contributed by atoms with Gasteiger partial charge in [0.15, 0.2) is 5.82 Å². The Bertz CT molecular complexity index is 1040. The second-order valence-corrected chi connectivity index (χ2v) is 8.05. The number of nitrogens with zero attached hydrogens (tertiary/aromatic N) is 3. The van der Waals surface area contributed by atoms with Crippen LogP contribution in [-0.4, -0.2) is 47.8 Å². The van der Waals surface area contributed by atoms with Crippen LogP contribution in [0.5, 0.6) is 5.75 Å². The van der Waals surface area contributed by atoms with E-state index in [1.807, 2.05) is 44.1 Å². The Balaban J connectivity index is 1.77. The molecule has 1 N–H and O–H groups in total. The van der Waals surface area contributed by atoms with Gasteiger partial charge in [0.25, 0.3) is 0 Å². The number of carbonyl (C=O) groups is 1. The third kappa shape index (κ3) is 3.96. The van der Waals surface area contributed by atoms with Gasteiger partial charge in [0, 0.05) is 12.0 Å². The standard InChI is InChI=1S/C22H25FN4O2/c1-22(11-12-22)21(28)24-20-19-17(5-4-6-18(19)29-14-13-26(2)3)27(25-20)16-9-7-15(23)8-10-16/h4-10H,11-14H2,1-3H3,(H,24,25,28). The number of nitrogens with one attached hydrogen (secondary N) is 1. The van der Waals surface area contributed by atoms with E-state index in [4.69, 9.17) is 4.74 Å². The van der Waals surface area contributed by atoms with Crippen LogP contribution in [0.1, 0.15) is 19.8 Å². The van der Waals surface area contributed by atoms with E-state index in [1.54, 1.807) is 16.8 Å². The summed E-state index contributed by atoms with van der Waals surface area (Å²) in [6.07, 6.45) is 1.75. The van der Waals surface area contributed by atoms with Crippen LogP contribution in [-0.2, 0) is 4.79 Å². The van der Waals surface area contributed by atoms with Crippen LogP contribution in [0.4, 0.5) is 10.2 Å². The molecule has 1 saturated carbocycles. The Morgan fingerprint density at radius 2 is 1.97 bits per heavy atom. The molecule has 0 aliphatic heterocycles. The predicted octanol–water partition coefficient (Wildman–Crippen LogP) is 3.84. The molecule has 29 heavy (non-hydrogen) atoms. The highest BCUT2D eigenvalue weighted by Gasteiger charge is 2.45. The SMILES string of the molecule is CN(C)CCOc1cccc2c1c(NC(=O)C1(C)CC1)nn2-c1ccc(F)cc1. The minimum absolute atomic E-state index is 0.0359. The summed E-state index contributed by atoms with van der Waals surface area (Å²) in [6, 6.07) is 11.8. The second-order valence-electron chi connectivity index (χ2n) is 8.05. The van der Waals surface area contributed by atoms with Gasteiger partial charge in [-0.2, -0.15) is 0 Å². The summed E-state index contributed by atoms with van der Waals surface area (Å²) in [5.74, 6) is 0.774. The Hall–Kier alpha value is -2.93. The smallest absolute Gasteiger partial charge is 0.231 e. The van der Waals surface area contributed by atoms with Crippen molar-refractivity contribution in [1.29, 1.82) is 0 Å². The van der Waals surface area contributed by atoms with Crippen molar-refractivity contribution in [2.45, 2.75) is 19.8 Å². The number of aromatic nitrogens is 2. The molecule has 0 unspecified atom stereocenters. The number of rotatable bonds is 7. The number of anilines is 1. The van der Waals surface area contributed by atoms with Gasteiger partial charge in [-0.1, -0.05) is 13.0 Å². The van der Waals surface area contributed by atoms with Crippen LogP contribution in [0.2, 0.25) is 0 Å². The van der Waals surface area contributed by atoms with E-state index in [0.29, 0.717) is 23.9 Å². The summed E-state index contributed by atoms with van der Waals surface area (Å²) in [6.45, 7) is 3.23. The van der Waals surface area contributed by atoms with E-state index in [9.17, 15) is 9.18 Å². The number of hydrogen-bond acceptors (Lipinski definition) is 4. The molecule has 0 radical (unpaired) electrons. The van der Waals surface area contributed by atoms with E-state index < -0.39 is 0 Å². The highest BCUT2D eigenvalue weighted by atomic mass is 19.1. The largest absolute Gasteiger partial charge is 0.491 e. The van der Waals surface area contributed by atoms with Crippen molar-refractivity contribution in [3.8, 4) is 11.4 Å². The van der Waals surface area contributed by atoms with Crippen LogP contribution in [0.15, 0.2) is 42.5 Å². The van der Waals surface area contributed by atoms with Gasteiger partial charge in [0.1, 0.15) is 18.2 Å². The summed E-state index contributed by atoms with van der Waals surface area (Å²) in [5, 5.41) is 8.38. The van der Waals surface area contributed by atoms with Crippen molar-refractivity contribution in [2.75, 3.05) is 32.6 Å². The predicted molar refractivity (Wildman–Crippen MR) is 111 cm³/mol. The molecule has 1 heterocycles. The van der Waals surface area contributed by atoms with Gasteiger partial charge in [-0.25, -0.2) is 9.07 Å². The van der Waals surface area contributed by atoms with Gasteiger partial charge < -0.3 is 15.0 Å². The van der Waals surface area contributed by atoms with Gasteiger partial charge in [-0.15, -0.1) is 5.10 Å². The molecule has 1 fully saturated rings. The molecule has 1 aliphatic carbocycles. The van der Waals surface area contributed by atoms with Crippen molar-refractivity contribution in [2.24, 2.45) is 5.41 Å². The highest BCUT2D eigenvalue weighted by Crippen LogP contribution is 2.46. The molecule has 1 amide bonds. The third-order valence-electron chi connectivity index (χ3n) is 5.32. The first kappa shape index (κ1) is 19.4. The number of carbonyl (C=O) groups excluding carboxylic acids is 1. The van der Waals surface area contributed by atoms with Crippen molar-refractivity contribution in [3.05, 3.63) is 48.3 Å². The van der Waals surface area contributed by atoms with Crippen LogP contribution in [0.3, 0.4) is 0 Å². The summed E-state index contributed by atoms with van der Waals surface area (Å²) in [5.41, 5.74) is 1.17. The average Bonchev–Trinajstić information content (AvgIpc) is 3.34. The first-order chi connectivity index (χ1) is 13.9. The fourth-order valence-electron chi connectivity index (χ4n) is 3.14. The molecule has 1 aromatic heterocycles. The summed E-state index contributed by atoms with van der Waals surface area (Å²) < 4.78 is 21.1. The maximum atomic E-state index is 13.4. The van der Waals surface area contributed by atoms with E-state index in [0.717, 1.165) is 30.3 Å². The van der Waals surface area contributed by atoms with Gasteiger partial charge in [-0.05, 0) is 63.3 Å². The van der Waals surface area contributed by atoms with Gasteiger partial charge in [0.2, 0.25) is 5.91 Å². The third-order valence-corrected chi connectivity index (χ3v) is 5.32. The lowest BCUT2D eigenvalue weighted by molar-refractivity contribution is -0.120. The molecular weight excluding hydrogens is 371 g/mol. The lowest BCUT2D eigenvalue weighted by Gasteiger charge is -2.13. The molecule has 152 valence electrons. The van der Waals surface area contributed by atoms with E-state index in [-0.39, 0.29) is 17.1 Å². The zero-order valence-electron chi connectivity index (χ0n) is 16.9. The lowest BCUT2D eigenvalue weighted by Crippen LogP contribution is -2.22. The van der Waals surface area contributed by atoms with Crippen LogP contribution < -0.4 is 10.1 Å². The molecule has 7 heteroatoms. The van der Waals surface area contributed by atoms with Crippen molar-refractivity contribution < 1.29 is 13.9 Å². The molecular formula is C22H25FN4O2. The molecule has 0 atom stereocenters. The number of halogens is 1. The molecule has 4 rings (SSSR count). The molecule has 2 aromatic carbocycles. The maximum absolute atomic E-state index is 13.4. The van der Waals surface area contributed by atoms with Gasteiger partial charge >= 0.3 is 0 Å². The molecule has 0 spiro atoms. The molecule has 6 nitrogen and oxygen atoms in total. The molecule has 0 bridgehead atoms. The maximum Gasteiger partial charge on any atom is 0.231 e. The first-order valence-electron chi connectivity index (χ1n) is 9.74. The number of benzene rings is 2. The number of hydrogen-bond donors (Lipinski definition) is 1. The Kier molecular flexibility index (Phi) is 5.00. The van der Waals surface area contributed by atoms with Crippen molar-refractivity contribution >= 4 is 22.6 Å². The number of amides is 1. The normalized spacial score (nSPS) is 14.9. The lowest BCUT2D eigenvalue weighted by atomic mass is 10.1. The van der Waals surface area contributed by atoms with E-state index in [1.165, 1.54) is 12.1 Å². The average molecular weight is 396 g/mol. The summed E-state index contributed by atoms with van der Waals surface area (Å²) in [7, 11) is 3.97. The van der Waals surface area contributed by atoms with E-state index in [2.05, 4.69) is 10.4 Å². The molecule has 0 saturated heterocycles. The summed E-state index contributed by atoms with van der Waals surface area (Å²) >= 11 is 0. The van der Waals surface area contributed by atoms with Gasteiger partial charge in [-0.3, -0.25) is 4.79 Å². The van der Waals surface area contributed by atoms with Gasteiger partial charge in [0.05, 0.1) is 16.6 Å². The quantitative estimate of drug-likeness (QED) is 0.659. The van der Waals surface area contributed by atoms with Crippen LogP contribution >= 0.6 is 0 Å². The fourth-order valence-corrected chi connectivity index (χ4v) is 3.14. The topological polar surface area (TPSA) is 59.4 Å². The highest BCUT2D eigenvalue weighted by molar-refractivity contribution is 6.05. The first-order valence-corrected chi connectivity index (χ1v) is 9.74. The van der Waals surface area contributed by atoms with Crippen molar-refractivity contribution in [3.63, 3.8) is 0 Å². The summed E-state index contributed by atoms with van der Waals surface area (Å²) in [4.78, 5) is 14.7. The zero-order chi connectivity index (χ0) is 20.6. The van der Waals surface area contributed by atoms with Crippen LogP contribution in [0, 0.1) is 11.2 Å². The fraction of sp³-hybridized carbons (Fsp3) is 0.364. The van der Waals surface area contributed by atoms with E-state index >= 15 is 0 Å². The number of fused-ring (bicyclic) bond motifs is 1. The minimum atomic E-state index is -0.327. The number of likely N-dealkylation sites (N-methyl/N-ethyl adjacent to an activating group) is 1. The monoisotopic (exact) mass is 396 g/mol. The second kappa shape index (κ2) is 7.48. The number of ether oxygens (including phenoxy) is 1. The molecule has 3 aromatic rings. The Morgan fingerprint density at radius 1 is 1.24 bits per heavy atom. The van der Waals surface area contributed by atoms with Crippen molar-refractivity contribution in [1.82, 2.24) is 14.7 Å². The Morgan fingerprint density at radius 3 is 2.62 bits per heavy atom. The Labute approximate surface area is 169 Å². The molecule has 1 aliphatic rings. The zero-order valence-corrected chi connectivity index (χ0v) is 16.9. The minimum Gasteiger partial charge on any atom is -0.491 e. The van der Waals surface area contributed by atoms with Crippen LogP contribution in [0.25, 0.3) is 16.6 Å².